The molecule has 1 fully saturated rings. The molecule has 0 spiro atoms. The van der Waals surface area contributed by atoms with Gasteiger partial charge in [0.2, 0.25) is 11.7 Å². The molecule has 1 saturated heterocycles. The van der Waals surface area contributed by atoms with Crippen molar-refractivity contribution < 1.29 is 28.5 Å². The van der Waals surface area contributed by atoms with E-state index in [4.69, 9.17) is 28.6 Å². The van der Waals surface area contributed by atoms with Crippen LogP contribution in [-0.4, -0.2) is 103 Å². The molecule has 1 aliphatic heterocycles. The number of hydrogen-bond acceptors (Lipinski definition) is 10. The molecule has 6 rings (SSSR count). The van der Waals surface area contributed by atoms with Gasteiger partial charge in [-0.2, -0.15) is 0 Å². The maximum Gasteiger partial charge on any atom is 0.253 e. The lowest BCUT2D eigenvalue weighted by atomic mass is 9.99. The molecule has 1 unspecified atom stereocenters. The molecule has 12 heteroatoms. The highest BCUT2D eigenvalue weighted by atomic mass is 16.5. The first-order valence-corrected chi connectivity index (χ1v) is 17.0. The Labute approximate surface area is 292 Å². The molecular weight excluding hydrogens is 636 g/mol. The van der Waals surface area contributed by atoms with Gasteiger partial charge in [0.25, 0.3) is 5.91 Å². The van der Waals surface area contributed by atoms with Gasteiger partial charge < -0.3 is 43.0 Å². The van der Waals surface area contributed by atoms with E-state index in [0.29, 0.717) is 41.7 Å². The van der Waals surface area contributed by atoms with Crippen LogP contribution in [0.2, 0.25) is 0 Å². The van der Waals surface area contributed by atoms with E-state index in [1.807, 2.05) is 61.8 Å². The van der Waals surface area contributed by atoms with Crippen LogP contribution in [0.5, 0.6) is 17.2 Å². The number of nitrogens with zero attached hydrogens (tertiary/aromatic N) is 6. The number of rotatable bonds is 14. The number of carbonyl (C=O) groups is 1. The van der Waals surface area contributed by atoms with E-state index < -0.39 is 0 Å². The first-order chi connectivity index (χ1) is 24.4. The Balaban J connectivity index is 1.14. The summed E-state index contributed by atoms with van der Waals surface area (Å²) in [6.45, 7) is 5.34. The molecule has 12 nitrogen and oxygen atoms in total. The molecule has 4 heterocycles. The summed E-state index contributed by atoms with van der Waals surface area (Å²) in [6.07, 6.45) is 3.65. The van der Waals surface area contributed by atoms with Crippen LogP contribution in [0.3, 0.4) is 0 Å². The normalized spacial score (nSPS) is 14.4. The molecule has 264 valence electrons. The number of fused-ring (bicyclic) bond motifs is 1. The third-order valence-corrected chi connectivity index (χ3v) is 9.35. The Bertz CT molecular complexity index is 1850. The van der Waals surface area contributed by atoms with Crippen molar-refractivity contribution in [2.75, 3.05) is 72.5 Å². The Morgan fingerprint density at radius 3 is 2.40 bits per heavy atom. The molecule has 0 radical (unpaired) electrons. The van der Waals surface area contributed by atoms with Gasteiger partial charge in [0.1, 0.15) is 18.1 Å². The van der Waals surface area contributed by atoms with Crippen LogP contribution >= 0.6 is 0 Å². The van der Waals surface area contributed by atoms with Gasteiger partial charge in [0.05, 0.1) is 38.9 Å². The van der Waals surface area contributed by atoms with E-state index in [1.54, 1.807) is 38.4 Å². The lowest BCUT2D eigenvalue weighted by Crippen LogP contribution is -2.35. The summed E-state index contributed by atoms with van der Waals surface area (Å²) in [5, 5.41) is 9.51. The Hall–Kier alpha value is -5.07. The van der Waals surface area contributed by atoms with Crippen molar-refractivity contribution in [3.8, 4) is 17.2 Å². The molecule has 50 heavy (non-hydrogen) atoms. The van der Waals surface area contributed by atoms with Crippen LogP contribution < -0.4 is 19.1 Å². The van der Waals surface area contributed by atoms with Crippen molar-refractivity contribution in [2.45, 2.75) is 31.9 Å². The van der Waals surface area contributed by atoms with Crippen molar-refractivity contribution >= 4 is 22.9 Å². The molecule has 3 aromatic heterocycles. The van der Waals surface area contributed by atoms with E-state index in [2.05, 4.69) is 20.4 Å². The number of furan rings is 1. The van der Waals surface area contributed by atoms with E-state index in [0.717, 1.165) is 74.0 Å². The second kappa shape index (κ2) is 16.1. The van der Waals surface area contributed by atoms with Gasteiger partial charge in [-0.25, -0.2) is 4.98 Å². The number of aromatic nitrogens is 3. The highest BCUT2D eigenvalue weighted by Crippen LogP contribution is 2.38. The number of amides is 1. The van der Waals surface area contributed by atoms with E-state index in [-0.39, 0.29) is 18.4 Å². The number of hydrogen-bond donors (Lipinski definition) is 1. The number of pyridine rings is 1. The molecule has 1 atom stereocenters. The highest BCUT2D eigenvalue weighted by molar-refractivity contribution is 5.95. The minimum Gasteiger partial charge on any atom is -0.493 e. The van der Waals surface area contributed by atoms with Crippen LogP contribution in [0.25, 0.3) is 11.0 Å². The zero-order chi connectivity index (χ0) is 35.0. The maximum absolute atomic E-state index is 13.7. The van der Waals surface area contributed by atoms with Gasteiger partial charge in [-0.05, 0) is 74.5 Å². The topological polar surface area (TPSA) is 119 Å². The summed E-state index contributed by atoms with van der Waals surface area (Å²) in [6, 6.07) is 21.2. The number of benzene rings is 2. The van der Waals surface area contributed by atoms with Crippen molar-refractivity contribution in [3.63, 3.8) is 0 Å². The van der Waals surface area contributed by atoms with Gasteiger partial charge in [-0.1, -0.05) is 18.2 Å². The van der Waals surface area contributed by atoms with Crippen LogP contribution in [0.15, 0.2) is 77.3 Å². The average Bonchev–Trinajstić information content (AvgIpc) is 3.69. The maximum atomic E-state index is 13.7. The lowest BCUT2D eigenvalue weighted by molar-refractivity contribution is 0.0781. The number of para-hydroxylation sites is 2. The second-order valence-corrected chi connectivity index (χ2v) is 12.5. The highest BCUT2D eigenvalue weighted by Gasteiger charge is 2.25. The summed E-state index contributed by atoms with van der Waals surface area (Å²) in [5.74, 6) is 3.48. The summed E-state index contributed by atoms with van der Waals surface area (Å²) >= 11 is 0. The van der Waals surface area contributed by atoms with Gasteiger partial charge in [-0.3, -0.25) is 9.78 Å². The van der Waals surface area contributed by atoms with Gasteiger partial charge >= 0.3 is 0 Å². The lowest BCUT2D eigenvalue weighted by Gasteiger charge is -2.27. The number of likely N-dealkylation sites (N-methyl/N-ethyl adjacent to an activating group) is 1. The fourth-order valence-corrected chi connectivity index (χ4v) is 6.73. The number of anilines is 1. The number of aliphatic hydroxyl groups is 1. The van der Waals surface area contributed by atoms with Crippen LogP contribution in [0.4, 0.5) is 5.95 Å². The number of ether oxygens (including phenoxy) is 3. The van der Waals surface area contributed by atoms with E-state index >= 15 is 0 Å². The number of carbonyl (C=O) groups excluding carboxylic acids is 1. The van der Waals surface area contributed by atoms with Gasteiger partial charge in [0.15, 0.2) is 11.5 Å². The van der Waals surface area contributed by atoms with Crippen LogP contribution in [0, 0.1) is 0 Å². The van der Waals surface area contributed by atoms with Crippen LogP contribution in [0.1, 0.15) is 46.3 Å². The fraction of sp³-hybridized carbons (Fsp3) is 0.395. The van der Waals surface area contributed by atoms with Crippen molar-refractivity contribution in [1.82, 2.24) is 24.3 Å². The van der Waals surface area contributed by atoms with Gasteiger partial charge in [-0.15, -0.1) is 0 Å². The summed E-state index contributed by atoms with van der Waals surface area (Å²) in [5.41, 5.74) is 3.42. The van der Waals surface area contributed by atoms with Crippen LogP contribution in [-0.2, 0) is 13.2 Å². The zero-order valence-corrected chi connectivity index (χ0v) is 29.2. The minimum atomic E-state index is -0.138. The molecule has 1 N–H and O–H groups in total. The minimum absolute atomic E-state index is 0.0350. The van der Waals surface area contributed by atoms with E-state index in [9.17, 15) is 9.90 Å². The Kier molecular flexibility index (Phi) is 11.2. The predicted molar refractivity (Wildman–Crippen MR) is 191 cm³/mol. The number of imidazole rings is 1. The predicted octanol–water partition coefficient (Wildman–Crippen LogP) is 5.05. The number of methoxy groups -OCH3 is 3. The molecule has 1 amide bonds. The Morgan fingerprint density at radius 2 is 1.70 bits per heavy atom. The van der Waals surface area contributed by atoms with Crippen molar-refractivity contribution in [2.24, 2.45) is 0 Å². The molecule has 2 aromatic carbocycles. The summed E-state index contributed by atoms with van der Waals surface area (Å²) < 4.78 is 24.5. The SMILES string of the molecule is COc1cc(C(=O)N(C)CC(CCN2CCCN(c3nc4ccccc4n3Cc3ccc(CO)o3)CC2)c2ccccn2)cc(OC)c1OC. The molecule has 1 aliphatic rings. The monoisotopic (exact) mass is 682 g/mol. The summed E-state index contributed by atoms with van der Waals surface area (Å²) in [7, 11) is 6.45. The third-order valence-electron chi connectivity index (χ3n) is 9.35. The molecule has 0 aliphatic carbocycles. The second-order valence-electron chi connectivity index (χ2n) is 12.5. The Morgan fingerprint density at radius 1 is 0.940 bits per heavy atom. The fourth-order valence-electron chi connectivity index (χ4n) is 6.73. The first kappa shape index (κ1) is 34.8. The largest absolute Gasteiger partial charge is 0.493 e. The molecule has 0 bridgehead atoms. The molecule has 0 saturated carbocycles. The first-order valence-electron chi connectivity index (χ1n) is 17.0. The quantitative estimate of drug-likeness (QED) is 0.171. The molecule has 5 aromatic rings. The zero-order valence-electron chi connectivity index (χ0n) is 29.2. The standard InChI is InChI=1S/C38H46N6O6/c1-41(37(46)28-22-34(47-2)36(49-4)35(23-28)48-3)24-27(31-10-7-8-16-39-31)15-19-42-17-9-18-43(21-20-42)38-40-32-11-5-6-12-33(32)44(38)25-29-13-14-30(26-45)50-29/h5-8,10-14,16,22-23,27,45H,9,15,17-21,24-26H2,1-4H3. The average molecular weight is 683 g/mol. The van der Waals surface area contributed by atoms with Crippen molar-refractivity contribution in [3.05, 3.63) is 95.7 Å². The third kappa shape index (κ3) is 7.71. The van der Waals surface area contributed by atoms with Crippen molar-refractivity contribution in [1.29, 1.82) is 0 Å². The number of aliphatic hydroxyl groups excluding tert-OH is 1. The van der Waals surface area contributed by atoms with Gasteiger partial charge in [0, 0.05) is 56.6 Å². The summed E-state index contributed by atoms with van der Waals surface area (Å²) in [4.78, 5) is 30.1. The smallest absolute Gasteiger partial charge is 0.253 e. The van der Waals surface area contributed by atoms with E-state index in [1.165, 1.54) is 0 Å². The molecular formula is C38H46N6O6.